The predicted molar refractivity (Wildman–Crippen MR) is 253 cm³/mol. The summed E-state index contributed by atoms with van der Waals surface area (Å²) in [5.74, 6) is 0. The largest absolute Gasteiger partial charge is 0.453 e. The number of hydrogen-bond acceptors (Lipinski definition) is 2. The minimum absolute atomic E-state index is 0.462. The smallest absolute Gasteiger partial charge is 0.159 e. The molecule has 2 aliphatic rings. The average molecular weight is 776 g/mol. The van der Waals surface area contributed by atoms with E-state index < -0.39 is 5.41 Å². The monoisotopic (exact) mass is 775 g/mol. The van der Waals surface area contributed by atoms with Crippen LogP contribution in [0.25, 0.3) is 77.2 Å². The van der Waals surface area contributed by atoms with Gasteiger partial charge < -0.3 is 9.32 Å². The van der Waals surface area contributed by atoms with Crippen molar-refractivity contribution in [1.82, 2.24) is 0 Å². The second-order valence-corrected chi connectivity index (χ2v) is 16.3. The summed E-state index contributed by atoms with van der Waals surface area (Å²) in [6, 6.07) is 82.1. The van der Waals surface area contributed by atoms with Gasteiger partial charge in [-0.05, 0) is 96.7 Å². The first-order valence-corrected chi connectivity index (χ1v) is 21.1. The Bertz CT molecular complexity index is 3490. The lowest BCUT2D eigenvalue weighted by Gasteiger charge is -2.31. The molecular formula is C59H37NO. The van der Waals surface area contributed by atoms with Gasteiger partial charge in [0.25, 0.3) is 0 Å². The summed E-state index contributed by atoms with van der Waals surface area (Å²) in [4.78, 5) is 2.44. The molecule has 0 bridgehead atoms. The minimum Gasteiger partial charge on any atom is -0.453 e. The molecule has 1 spiro atoms. The number of hydrogen-bond donors (Lipinski definition) is 0. The first-order chi connectivity index (χ1) is 30.3. The maximum absolute atomic E-state index is 7.16. The molecule has 0 amide bonds. The molecule has 2 nitrogen and oxygen atoms in total. The van der Waals surface area contributed by atoms with Crippen molar-refractivity contribution in [3.63, 3.8) is 0 Å². The fourth-order valence-electron chi connectivity index (χ4n) is 10.7. The Hall–Kier alpha value is -7.94. The van der Waals surface area contributed by atoms with Crippen molar-refractivity contribution in [1.29, 1.82) is 0 Å². The third-order valence-corrected chi connectivity index (χ3v) is 13.3. The summed E-state index contributed by atoms with van der Waals surface area (Å²) in [5, 5.41) is 4.67. The summed E-state index contributed by atoms with van der Waals surface area (Å²) >= 11 is 0. The zero-order chi connectivity index (χ0) is 40.1. The van der Waals surface area contributed by atoms with E-state index >= 15 is 0 Å². The summed E-state index contributed by atoms with van der Waals surface area (Å²) in [5.41, 5.74) is 19.4. The van der Waals surface area contributed by atoms with Crippen LogP contribution in [-0.4, -0.2) is 0 Å². The quantitative estimate of drug-likeness (QED) is 0.173. The Morgan fingerprint density at radius 1 is 0.328 bits per heavy atom. The van der Waals surface area contributed by atoms with E-state index in [0.29, 0.717) is 0 Å². The molecule has 0 atom stereocenters. The predicted octanol–water partition coefficient (Wildman–Crippen LogP) is 15.9. The molecule has 2 heteroatoms. The van der Waals surface area contributed by atoms with Gasteiger partial charge in [-0.3, -0.25) is 0 Å². The Morgan fingerprint density at radius 3 is 1.62 bits per heavy atom. The van der Waals surface area contributed by atoms with Crippen LogP contribution in [0.2, 0.25) is 0 Å². The molecule has 0 radical (unpaired) electrons. The first-order valence-electron chi connectivity index (χ1n) is 21.1. The Morgan fingerprint density at radius 2 is 0.869 bits per heavy atom. The maximum Gasteiger partial charge on any atom is 0.159 e. The van der Waals surface area contributed by atoms with Crippen molar-refractivity contribution in [2.45, 2.75) is 5.41 Å². The van der Waals surface area contributed by atoms with Crippen molar-refractivity contribution < 1.29 is 4.42 Å². The average Bonchev–Trinajstić information content (AvgIpc) is 3.97. The molecular weight excluding hydrogens is 739 g/mol. The molecule has 0 saturated heterocycles. The highest BCUT2D eigenvalue weighted by Crippen LogP contribution is 2.64. The van der Waals surface area contributed by atoms with E-state index in [1.165, 1.54) is 66.4 Å². The summed E-state index contributed by atoms with van der Waals surface area (Å²) in [6.45, 7) is 0. The summed E-state index contributed by atoms with van der Waals surface area (Å²) in [7, 11) is 0. The van der Waals surface area contributed by atoms with E-state index in [2.05, 4.69) is 229 Å². The van der Waals surface area contributed by atoms with Crippen LogP contribution in [0.4, 0.5) is 17.1 Å². The van der Waals surface area contributed by atoms with Gasteiger partial charge in [-0.25, -0.2) is 0 Å². The lowest BCUT2D eigenvalue weighted by Crippen LogP contribution is -2.26. The van der Waals surface area contributed by atoms with E-state index in [4.69, 9.17) is 4.42 Å². The second-order valence-electron chi connectivity index (χ2n) is 16.3. The Balaban J connectivity index is 1.08. The normalized spacial score (nSPS) is 13.0. The molecule has 0 N–H and O–H groups in total. The van der Waals surface area contributed by atoms with E-state index in [1.807, 2.05) is 0 Å². The van der Waals surface area contributed by atoms with Gasteiger partial charge in [-0.2, -0.15) is 0 Å². The molecule has 10 aromatic carbocycles. The van der Waals surface area contributed by atoms with E-state index in [0.717, 1.165) is 50.1 Å². The minimum atomic E-state index is -0.462. The Kier molecular flexibility index (Phi) is 7.26. The van der Waals surface area contributed by atoms with Crippen molar-refractivity contribution in [3.8, 4) is 44.5 Å². The fourth-order valence-corrected chi connectivity index (χ4v) is 10.7. The molecule has 2 aliphatic carbocycles. The van der Waals surface area contributed by atoms with Crippen LogP contribution < -0.4 is 4.90 Å². The summed E-state index contributed by atoms with van der Waals surface area (Å²) < 4.78 is 7.16. The number of nitrogens with zero attached hydrogens (tertiary/aromatic N) is 1. The molecule has 1 aromatic heterocycles. The number of furan rings is 1. The van der Waals surface area contributed by atoms with E-state index in [9.17, 15) is 0 Å². The Labute approximate surface area is 354 Å². The van der Waals surface area contributed by atoms with Crippen LogP contribution in [0, 0.1) is 0 Å². The molecule has 11 aromatic rings. The zero-order valence-corrected chi connectivity index (χ0v) is 33.2. The summed E-state index contributed by atoms with van der Waals surface area (Å²) in [6.07, 6.45) is 0. The second kappa shape index (κ2) is 13.0. The van der Waals surface area contributed by atoms with E-state index in [-0.39, 0.29) is 0 Å². The topological polar surface area (TPSA) is 16.4 Å². The van der Waals surface area contributed by atoms with Gasteiger partial charge in [0, 0.05) is 27.6 Å². The number of anilines is 3. The molecule has 0 saturated carbocycles. The highest BCUT2D eigenvalue weighted by molar-refractivity contribution is 6.14. The van der Waals surface area contributed by atoms with Crippen molar-refractivity contribution in [2.75, 3.05) is 4.90 Å². The molecule has 284 valence electrons. The SMILES string of the molecule is c1ccc(-c2cccc3c2oc2c(N(c4ccc(-c5ccc6ccccc6c5)cc4)c4cccc5c4-c4ccccc4C54c5ccccc5-c5ccccc54)cccc23)cc1. The first kappa shape index (κ1) is 34.0. The van der Waals surface area contributed by atoms with E-state index in [1.54, 1.807) is 0 Å². The van der Waals surface area contributed by atoms with Crippen molar-refractivity contribution in [2.24, 2.45) is 0 Å². The van der Waals surface area contributed by atoms with Crippen LogP contribution in [-0.2, 0) is 5.41 Å². The third-order valence-electron chi connectivity index (χ3n) is 13.3. The lowest BCUT2D eigenvalue weighted by molar-refractivity contribution is 0.670. The van der Waals surface area contributed by atoms with Crippen LogP contribution >= 0.6 is 0 Å². The third kappa shape index (κ3) is 4.79. The highest BCUT2D eigenvalue weighted by atomic mass is 16.3. The standard InChI is InChI=1S/C59H37NO/c1-2-16-40(17-3-1)44-22-12-23-47-48-24-13-30-55(58(48)61-57(44)47)60(43-35-33-39(34-36-43)42-32-31-38-15-4-5-18-41(38)37-42)54-29-14-28-53-56(54)49-21-8-11-27-52(49)59(53)50-25-9-6-19-45(50)46-20-7-10-26-51(46)59/h1-37H. The number of rotatable bonds is 5. The van der Waals surface area contributed by atoms with Crippen LogP contribution in [0.3, 0.4) is 0 Å². The van der Waals surface area contributed by atoms with Gasteiger partial charge in [0.15, 0.2) is 5.58 Å². The van der Waals surface area contributed by atoms with Crippen molar-refractivity contribution in [3.05, 3.63) is 247 Å². The van der Waals surface area contributed by atoms with Gasteiger partial charge in [0.05, 0.1) is 16.8 Å². The number of fused-ring (bicyclic) bond motifs is 14. The van der Waals surface area contributed by atoms with Gasteiger partial charge in [0.1, 0.15) is 5.58 Å². The molecule has 61 heavy (non-hydrogen) atoms. The van der Waals surface area contributed by atoms with Crippen LogP contribution in [0.5, 0.6) is 0 Å². The van der Waals surface area contributed by atoms with Crippen molar-refractivity contribution >= 4 is 49.8 Å². The fraction of sp³-hybridized carbons (Fsp3) is 0.0169. The van der Waals surface area contributed by atoms with Crippen LogP contribution in [0.15, 0.2) is 229 Å². The highest BCUT2D eigenvalue weighted by Gasteiger charge is 2.52. The molecule has 0 unspecified atom stereocenters. The van der Waals surface area contributed by atoms with Crippen LogP contribution in [0.1, 0.15) is 22.3 Å². The lowest BCUT2D eigenvalue weighted by atomic mass is 9.70. The van der Waals surface area contributed by atoms with Gasteiger partial charge in [-0.1, -0.05) is 194 Å². The molecule has 1 heterocycles. The zero-order valence-electron chi connectivity index (χ0n) is 33.2. The number of benzene rings is 10. The van der Waals surface area contributed by atoms with Gasteiger partial charge in [0.2, 0.25) is 0 Å². The molecule has 13 rings (SSSR count). The maximum atomic E-state index is 7.16. The van der Waals surface area contributed by atoms with Gasteiger partial charge in [-0.15, -0.1) is 0 Å². The number of para-hydroxylation sites is 2. The van der Waals surface area contributed by atoms with Gasteiger partial charge >= 0.3 is 0 Å². The molecule has 0 fully saturated rings. The molecule has 0 aliphatic heterocycles.